The van der Waals surface area contributed by atoms with E-state index in [1.54, 1.807) is 17.4 Å². The third kappa shape index (κ3) is 3.73. The maximum absolute atomic E-state index is 12.8. The van der Waals surface area contributed by atoms with Crippen molar-refractivity contribution < 1.29 is 13.2 Å². The first-order valence-corrected chi connectivity index (χ1v) is 7.61. The summed E-state index contributed by atoms with van der Waals surface area (Å²) >= 11 is 4.47. The number of nitrogens with one attached hydrogen (secondary N) is 1. The van der Waals surface area contributed by atoms with Gasteiger partial charge in [-0.25, -0.2) is 4.98 Å². The molecule has 0 unspecified atom stereocenters. The van der Waals surface area contributed by atoms with Gasteiger partial charge in [0.1, 0.15) is 0 Å². The van der Waals surface area contributed by atoms with Crippen LogP contribution in [0.4, 0.5) is 18.9 Å². The third-order valence-corrected chi connectivity index (χ3v) is 4.38. The van der Waals surface area contributed by atoms with E-state index in [2.05, 4.69) is 26.2 Å². The van der Waals surface area contributed by atoms with Crippen LogP contribution in [0, 0.1) is 0 Å². The van der Waals surface area contributed by atoms with E-state index in [0.717, 1.165) is 23.2 Å². The monoisotopic (exact) mass is 364 g/mol. The van der Waals surface area contributed by atoms with Crippen LogP contribution in [-0.4, -0.2) is 4.98 Å². The van der Waals surface area contributed by atoms with Crippen molar-refractivity contribution in [3.8, 4) is 0 Å². The maximum Gasteiger partial charge on any atom is 0.417 e. The summed E-state index contributed by atoms with van der Waals surface area (Å²) in [5, 5.41) is 5.90. The number of rotatable bonds is 4. The third-order valence-electron chi connectivity index (χ3n) is 2.65. The minimum absolute atomic E-state index is 0.0393. The highest BCUT2D eigenvalue weighted by Gasteiger charge is 2.33. The molecule has 0 bridgehead atoms. The van der Waals surface area contributed by atoms with Gasteiger partial charge in [0.15, 0.2) is 0 Å². The second kappa shape index (κ2) is 6.13. The summed E-state index contributed by atoms with van der Waals surface area (Å²) in [5.41, 5.74) is 0.574. The average molecular weight is 365 g/mol. The Morgan fingerprint density at radius 3 is 2.70 bits per heavy atom. The quantitative estimate of drug-likeness (QED) is 0.816. The highest BCUT2D eigenvalue weighted by atomic mass is 79.9. The number of nitrogens with zero attached hydrogens (tertiary/aromatic N) is 1. The standard InChI is InChI=1S/C13H12BrF3N2S/c1-2-12-19-9(7-20-12)6-18-8-3-4-11(14)10(5-8)13(15,16)17/h3-5,7,18H,2,6H2,1H3. The first-order valence-electron chi connectivity index (χ1n) is 5.94. The van der Waals surface area contributed by atoms with Crippen LogP contribution in [0.2, 0.25) is 0 Å². The van der Waals surface area contributed by atoms with E-state index in [9.17, 15) is 13.2 Å². The van der Waals surface area contributed by atoms with Crippen LogP contribution in [0.15, 0.2) is 28.1 Å². The minimum Gasteiger partial charge on any atom is -0.379 e. The van der Waals surface area contributed by atoms with Crippen molar-refractivity contribution in [2.45, 2.75) is 26.1 Å². The van der Waals surface area contributed by atoms with Crippen LogP contribution >= 0.6 is 27.3 Å². The zero-order valence-electron chi connectivity index (χ0n) is 10.6. The van der Waals surface area contributed by atoms with Crippen molar-refractivity contribution in [1.82, 2.24) is 4.98 Å². The normalized spacial score (nSPS) is 11.7. The molecule has 2 nitrogen and oxygen atoms in total. The van der Waals surface area contributed by atoms with E-state index in [0.29, 0.717) is 12.2 Å². The van der Waals surface area contributed by atoms with Gasteiger partial charge in [0.05, 0.1) is 22.8 Å². The van der Waals surface area contributed by atoms with Gasteiger partial charge >= 0.3 is 6.18 Å². The van der Waals surface area contributed by atoms with Gasteiger partial charge < -0.3 is 5.32 Å². The Bertz CT molecular complexity index is 596. The number of alkyl halides is 3. The predicted octanol–water partition coefficient (Wildman–Crippen LogP) is 5.10. The van der Waals surface area contributed by atoms with E-state index < -0.39 is 11.7 Å². The topological polar surface area (TPSA) is 24.9 Å². The lowest BCUT2D eigenvalue weighted by atomic mass is 10.2. The molecule has 0 spiro atoms. The van der Waals surface area contributed by atoms with Gasteiger partial charge in [0, 0.05) is 15.5 Å². The van der Waals surface area contributed by atoms with Crippen molar-refractivity contribution in [3.05, 3.63) is 44.3 Å². The molecule has 0 radical (unpaired) electrons. The van der Waals surface area contributed by atoms with Crippen LogP contribution in [0.1, 0.15) is 23.2 Å². The number of halogens is 4. The van der Waals surface area contributed by atoms with Crippen LogP contribution < -0.4 is 5.32 Å². The molecule has 0 atom stereocenters. The molecule has 1 aromatic heterocycles. The van der Waals surface area contributed by atoms with Gasteiger partial charge in [0.25, 0.3) is 0 Å². The Labute approximate surface area is 127 Å². The van der Waals surface area contributed by atoms with Crippen LogP contribution in [-0.2, 0) is 19.1 Å². The summed E-state index contributed by atoms with van der Waals surface area (Å²) < 4.78 is 38.4. The van der Waals surface area contributed by atoms with Gasteiger partial charge in [0.2, 0.25) is 0 Å². The Hall–Kier alpha value is -1.08. The van der Waals surface area contributed by atoms with E-state index in [1.807, 2.05) is 12.3 Å². The number of hydrogen-bond acceptors (Lipinski definition) is 3. The fourth-order valence-electron chi connectivity index (χ4n) is 1.64. The van der Waals surface area contributed by atoms with Gasteiger partial charge in [-0.1, -0.05) is 22.9 Å². The summed E-state index contributed by atoms with van der Waals surface area (Å²) in [6.07, 6.45) is -3.51. The number of hydrogen-bond donors (Lipinski definition) is 1. The SMILES string of the molecule is CCc1nc(CNc2ccc(Br)c(C(F)(F)F)c2)cs1. The zero-order valence-corrected chi connectivity index (χ0v) is 13.0. The molecule has 0 aliphatic rings. The van der Waals surface area contributed by atoms with Crippen molar-refractivity contribution >= 4 is 33.0 Å². The molecule has 0 aliphatic carbocycles. The van der Waals surface area contributed by atoms with Crippen molar-refractivity contribution in [2.24, 2.45) is 0 Å². The van der Waals surface area contributed by atoms with E-state index in [4.69, 9.17) is 0 Å². The van der Waals surface area contributed by atoms with Gasteiger partial charge in [-0.3, -0.25) is 0 Å². The summed E-state index contributed by atoms with van der Waals surface area (Å²) in [7, 11) is 0. The van der Waals surface area contributed by atoms with Crippen molar-refractivity contribution in [1.29, 1.82) is 0 Å². The lowest BCUT2D eigenvalue weighted by Gasteiger charge is -2.12. The molecule has 0 saturated heterocycles. The Kier molecular flexibility index (Phi) is 4.70. The van der Waals surface area contributed by atoms with Crippen LogP contribution in [0.3, 0.4) is 0 Å². The van der Waals surface area contributed by atoms with E-state index in [-0.39, 0.29) is 4.47 Å². The molecule has 0 amide bonds. The van der Waals surface area contributed by atoms with Crippen LogP contribution in [0.25, 0.3) is 0 Å². The van der Waals surface area contributed by atoms with Gasteiger partial charge in [-0.05, 0) is 24.6 Å². The predicted molar refractivity (Wildman–Crippen MR) is 78.0 cm³/mol. The maximum atomic E-state index is 12.8. The summed E-state index contributed by atoms with van der Waals surface area (Å²) in [6, 6.07) is 4.09. The van der Waals surface area contributed by atoms with Crippen molar-refractivity contribution in [2.75, 3.05) is 5.32 Å². The Balaban J connectivity index is 2.10. The minimum atomic E-state index is -4.37. The Morgan fingerprint density at radius 2 is 2.10 bits per heavy atom. The highest BCUT2D eigenvalue weighted by Crippen LogP contribution is 2.36. The Morgan fingerprint density at radius 1 is 1.35 bits per heavy atom. The molecule has 7 heteroatoms. The zero-order chi connectivity index (χ0) is 14.8. The number of aryl methyl sites for hydroxylation is 1. The van der Waals surface area contributed by atoms with Crippen LogP contribution in [0.5, 0.6) is 0 Å². The lowest BCUT2D eigenvalue weighted by molar-refractivity contribution is -0.138. The van der Waals surface area contributed by atoms with Crippen molar-refractivity contribution in [3.63, 3.8) is 0 Å². The fourth-order valence-corrected chi connectivity index (χ4v) is 2.85. The highest BCUT2D eigenvalue weighted by molar-refractivity contribution is 9.10. The number of aromatic nitrogens is 1. The molecule has 2 aromatic rings. The smallest absolute Gasteiger partial charge is 0.379 e. The molecule has 1 N–H and O–H groups in total. The van der Waals surface area contributed by atoms with Gasteiger partial charge in [-0.2, -0.15) is 13.2 Å². The lowest BCUT2D eigenvalue weighted by Crippen LogP contribution is -2.07. The molecule has 0 saturated carbocycles. The number of anilines is 1. The number of benzene rings is 1. The summed E-state index contributed by atoms with van der Waals surface area (Å²) in [5.74, 6) is 0. The average Bonchev–Trinajstić information content (AvgIpc) is 2.84. The molecular weight excluding hydrogens is 353 g/mol. The second-order valence-electron chi connectivity index (χ2n) is 4.13. The molecule has 20 heavy (non-hydrogen) atoms. The van der Waals surface area contributed by atoms with Gasteiger partial charge in [-0.15, -0.1) is 11.3 Å². The first-order chi connectivity index (χ1) is 9.40. The molecule has 1 aromatic carbocycles. The number of thiazole rings is 1. The second-order valence-corrected chi connectivity index (χ2v) is 5.93. The van der Waals surface area contributed by atoms with E-state index in [1.165, 1.54) is 6.07 Å². The van der Waals surface area contributed by atoms with E-state index >= 15 is 0 Å². The first kappa shape index (κ1) is 15.3. The fraction of sp³-hybridized carbons (Fsp3) is 0.308. The molecule has 0 aliphatic heterocycles. The molecule has 1 heterocycles. The summed E-state index contributed by atoms with van der Waals surface area (Å²) in [4.78, 5) is 4.36. The largest absolute Gasteiger partial charge is 0.417 e. The molecule has 2 rings (SSSR count). The molecular formula is C13H12BrF3N2S. The summed E-state index contributed by atoms with van der Waals surface area (Å²) in [6.45, 7) is 2.43. The molecule has 108 valence electrons. The molecule has 0 fully saturated rings.